The molecule has 0 spiro atoms. The van der Waals surface area contributed by atoms with E-state index in [9.17, 15) is 5.11 Å². The van der Waals surface area contributed by atoms with Gasteiger partial charge < -0.3 is 14.6 Å². The second kappa shape index (κ2) is 7.34. The Kier molecular flexibility index (Phi) is 5.48. The van der Waals surface area contributed by atoms with Crippen LogP contribution in [0.1, 0.15) is 31.9 Å². The summed E-state index contributed by atoms with van der Waals surface area (Å²) in [6.07, 6.45) is 0.426. The molecule has 0 aliphatic heterocycles. The summed E-state index contributed by atoms with van der Waals surface area (Å²) in [5.74, 6) is 2.06. The highest BCUT2D eigenvalue weighted by Gasteiger charge is 2.07. The Bertz CT molecular complexity index is 579. The molecule has 0 fully saturated rings. The molecule has 0 saturated carbocycles. The summed E-state index contributed by atoms with van der Waals surface area (Å²) in [6, 6.07) is 12.7. The summed E-state index contributed by atoms with van der Waals surface area (Å²) in [6.45, 7) is 4.46. The van der Waals surface area contributed by atoms with Crippen LogP contribution in [0.2, 0.25) is 5.02 Å². The topological polar surface area (TPSA) is 38.7 Å². The standard InChI is InChI=1S/C17H19ClO3/c1-3-10-20-14-5-7-15(8-6-14)21-17-9-4-13(12(2)19)11-16(17)18/h4-9,11-12,19H,3,10H2,1-2H3/t12-/m1/s1. The molecule has 112 valence electrons. The second-order valence-corrected chi connectivity index (χ2v) is 5.19. The van der Waals surface area contributed by atoms with Gasteiger partial charge in [-0.15, -0.1) is 0 Å². The number of aliphatic hydroxyl groups is 1. The highest BCUT2D eigenvalue weighted by atomic mass is 35.5. The van der Waals surface area contributed by atoms with Gasteiger partial charge >= 0.3 is 0 Å². The van der Waals surface area contributed by atoms with Crippen LogP contribution in [-0.2, 0) is 0 Å². The molecular formula is C17H19ClO3. The molecule has 0 unspecified atom stereocenters. The quantitative estimate of drug-likeness (QED) is 0.818. The van der Waals surface area contributed by atoms with E-state index in [1.807, 2.05) is 24.3 Å². The molecule has 0 aliphatic carbocycles. The molecule has 0 aliphatic rings. The Morgan fingerprint density at radius 3 is 2.33 bits per heavy atom. The molecule has 3 nitrogen and oxygen atoms in total. The fourth-order valence-corrected chi connectivity index (χ4v) is 2.04. The summed E-state index contributed by atoms with van der Waals surface area (Å²) >= 11 is 6.16. The number of ether oxygens (including phenoxy) is 2. The lowest BCUT2D eigenvalue weighted by Gasteiger charge is -2.11. The maximum Gasteiger partial charge on any atom is 0.146 e. The molecule has 0 amide bonds. The van der Waals surface area contributed by atoms with Crippen LogP contribution >= 0.6 is 11.6 Å². The van der Waals surface area contributed by atoms with Gasteiger partial charge in [0.1, 0.15) is 17.2 Å². The van der Waals surface area contributed by atoms with Crippen LogP contribution in [0.5, 0.6) is 17.2 Å². The third-order valence-corrected chi connectivity index (χ3v) is 3.26. The Labute approximate surface area is 130 Å². The van der Waals surface area contributed by atoms with Crippen molar-refractivity contribution >= 4 is 11.6 Å². The van der Waals surface area contributed by atoms with Crippen LogP contribution in [0.15, 0.2) is 42.5 Å². The molecule has 4 heteroatoms. The maximum atomic E-state index is 9.52. The van der Waals surface area contributed by atoms with E-state index in [1.54, 1.807) is 25.1 Å². The van der Waals surface area contributed by atoms with Crippen molar-refractivity contribution in [2.45, 2.75) is 26.4 Å². The second-order valence-electron chi connectivity index (χ2n) is 4.79. The lowest BCUT2D eigenvalue weighted by Crippen LogP contribution is -1.95. The summed E-state index contributed by atoms with van der Waals surface area (Å²) in [5.41, 5.74) is 0.760. The summed E-state index contributed by atoms with van der Waals surface area (Å²) < 4.78 is 11.3. The first kappa shape index (κ1) is 15.7. The normalized spacial score (nSPS) is 12.0. The van der Waals surface area contributed by atoms with Gasteiger partial charge in [0.15, 0.2) is 0 Å². The molecule has 1 atom stereocenters. The predicted octanol–water partition coefficient (Wildman–Crippen LogP) is 4.97. The number of rotatable bonds is 6. The van der Waals surface area contributed by atoms with Gasteiger partial charge in [0.2, 0.25) is 0 Å². The Morgan fingerprint density at radius 1 is 1.10 bits per heavy atom. The van der Waals surface area contributed by atoms with Crippen molar-refractivity contribution < 1.29 is 14.6 Å². The van der Waals surface area contributed by atoms with Crippen molar-refractivity contribution in [3.63, 3.8) is 0 Å². The lowest BCUT2D eigenvalue weighted by molar-refractivity contribution is 0.199. The van der Waals surface area contributed by atoms with Crippen molar-refractivity contribution in [3.05, 3.63) is 53.1 Å². The smallest absolute Gasteiger partial charge is 0.146 e. The van der Waals surface area contributed by atoms with Crippen LogP contribution in [0.3, 0.4) is 0 Å². The van der Waals surface area contributed by atoms with Gasteiger partial charge in [-0.05, 0) is 55.3 Å². The fourth-order valence-electron chi connectivity index (χ4n) is 1.81. The number of benzene rings is 2. The third kappa shape index (κ3) is 4.38. The molecule has 0 bridgehead atoms. The van der Waals surface area contributed by atoms with E-state index >= 15 is 0 Å². The first-order valence-electron chi connectivity index (χ1n) is 6.98. The number of hydrogen-bond acceptors (Lipinski definition) is 3. The molecular weight excluding hydrogens is 288 g/mol. The molecule has 21 heavy (non-hydrogen) atoms. The van der Waals surface area contributed by atoms with E-state index in [0.29, 0.717) is 23.1 Å². The van der Waals surface area contributed by atoms with Gasteiger partial charge in [-0.3, -0.25) is 0 Å². The lowest BCUT2D eigenvalue weighted by atomic mass is 10.1. The monoisotopic (exact) mass is 306 g/mol. The zero-order valence-corrected chi connectivity index (χ0v) is 12.9. The van der Waals surface area contributed by atoms with Crippen molar-refractivity contribution in [1.29, 1.82) is 0 Å². The molecule has 2 aromatic carbocycles. The van der Waals surface area contributed by atoms with E-state index in [1.165, 1.54) is 0 Å². The SMILES string of the molecule is CCCOc1ccc(Oc2ccc([C@@H](C)O)cc2Cl)cc1. The summed E-state index contributed by atoms with van der Waals surface area (Å²) in [5, 5.41) is 9.99. The first-order valence-corrected chi connectivity index (χ1v) is 7.36. The molecule has 2 aromatic rings. The Morgan fingerprint density at radius 2 is 1.76 bits per heavy atom. The molecule has 0 radical (unpaired) electrons. The molecule has 0 heterocycles. The molecule has 2 rings (SSSR count). The van der Waals surface area contributed by atoms with Gasteiger partial charge in [-0.1, -0.05) is 24.6 Å². The minimum atomic E-state index is -0.549. The minimum Gasteiger partial charge on any atom is -0.494 e. The predicted molar refractivity (Wildman–Crippen MR) is 84.4 cm³/mol. The van der Waals surface area contributed by atoms with Gasteiger partial charge in [0.05, 0.1) is 17.7 Å². The largest absolute Gasteiger partial charge is 0.494 e. The molecule has 1 N–H and O–H groups in total. The van der Waals surface area contributed by atoms with Crippen molar-refractivity contribution in [2.75, 3.05) is 6.61 Å². The maximum absolute atomic E-state index is 9.52. The van der Waals surface area contributed by atoms with Crippen LogP contribution < -0.4 is 9.47 Å². The van der Waals surface area contributed by atoms with Crippen LogP contribution in [-0.4, -0.2) is 11.7 Å². The highest BCUT2D eigenvalue weighted by Crippen LogP contribution is 2.32. The van der Waals surface area contributed by atoms with E-state index in [4.69, 9.17) is 21.1 Å². The van der Waals surface area contributed by atoms with Gasteiger partial charge in [0, 0.05) is 0 Å². The Hall–Kier alpha value is -1.71. The minimum absolute atomic E-state index is 0.472. The van der Waals surface area contributed by atoms with E-state index in [2.05, 4.69) is 6.92 Å². The van der Waals surface area contributed by atoms with E-state index in [0.717, 1.165) is 17.7 Å². The van der Waals surface area contributed by atoms with E-state index in [-0.39, 0.29) is 0 Å². The summed E-state index contributed by atoms with van der Waals surface area (Å²) in [7, 11) is 0. The third-order valence-electron chi connectivity index (χ3n) is 2.96. The van der Waals surface area contributed by atoms with Crippen molar-refractivity contribution in [3.8, 4) is 17.2 Å². The van der Waals surface area contributed by atoms with Gasteiger partial charge in [-0.25, -0.2) is 0 Å². The number of hydrogen-bond donors (Lipinski definition) is 1. The first-order chi connectivity index (χ1) is 10.1. The zero-order valence-electron chi connectivity index (χ0n) is 12.2. The number of aliphatic hydroxyl groups excluding tert-OH is 1. The van der Waals surface area contributed by atoms with E-state index < -0.39 is 6.10 Å². The van der Waals surface area contributed by atoms with Crippen molar-refractivity contribution in [2.24, 2.45) is 0 Å². The van der Waals surface area contributed by atoms with Crippen LogP contribution in [0, 0.1) is 0 Å². The Balaban J connectivity index is 2.07. The van der Waals surface area contributed by atoms with Crippen LogP contribution in [0.25, 0.3) is 0 Å². The highest BCUT2D eigenvalue weighted by molar-refractivity contribution is 6.32. The summed E-state index contributed by atoms with van der Waals surface area (Å²) in [4.78, 5) is 0. The van der Waals surface area contributed by atoms with Gasteiger partial charge in [-0.2, -0.15) is 0 Å². The van der Waals surface area contributed by atoms with Crippen molar-refractivity contribution in [1.82, 2.24) is 0 Å². The average Bonchev–Trinajstić information content (AvgIpc) is 2.48. The van der Waals surface area contributed by atoms with Gasteiger partial charge in [0.25, 0.3) is 0 Å². The number of halogens is 1. The molecule has 0 aromatic heterocycles. The van der Waals surface area contributed by atoms with Crippen LogP contribution in [0.4, 0.5) is 0 Å². The fraction of sp³-hybridized carbons (Fsp3) is 0.294. The average molecular weight is 307 g/mol. The zero-order chi connectivity index (χ0) is 15.2. The molecule has 0 saturated heterocycles.